The zero-order valence-corrected chi connectivity index (χ0v) is 10.9. The average Bonchev–Trinajstić information content (AvgIpc) is 1.96. The van der Waals surface area contributed by atoms with Gasteiger partial charge in [0.2, 0.25) is 6.41 Å². The van der Waals surface area contributed by atoms with Crippen LogP contribution in [0.3, 0.4) is 0 Å². The standard InChI is InChI=1S/C7H19NO2Si2/c1-5-6-8(7-9)11-10-12(2,3)4/h7H,5-6,11H2,1-4H3. The van der Waals surface area contributed by atoms with Crippen LogP contribution in [0, 0.1) is 0 Å². The minimum atomic E-state index is -1.40. The van der Waals surface area contributed by atoms with Crippen LogP contribution in [0.1, 0.15) is 13.3 Å². The summed E-state index contributed by atoms with van der Waals surface area (Å²) in [6.45, 7) is 9.36. The van der Waals surface area contributed by atoms with Gasteiger partial charge < -0.3 is 8.68 Å². The Morgan fingerprint density at radius 3 is 2.42 bits per heavy atom. The Morgan fingerprint density at radius 2 is 2.08 bits per heavy atom. The van der Waals surface area contributed by atoms with Crippen molar-refractivity contribution in [1.29, 1.82) is 0 Å². The topological polar surface area (TPSA) is 29.5 Å². The van der Waals surface area contributed by atoms with Crippen molar-refractivity contribution in [3.8, 4) is 0 Å². The maximum absolute atomic E-state index is 10.5. The highest BCUT2D eigenvalue weighted by atomic mass is 28.4. The summed E-state index contributed by atoms with van der Waals surface area (Å²) in [6, 6.07) is 0. The molecular formula is C7H19NO2Si2. The summed E-state index contributed by atoms with van der Waals surface area (Å²) in [7, 11) is -2.17. The van der Waals surface area contributed by atoms with E-state index in [0.29, 0.717) is 0 Å². The fraction of sp³-hybridized carbons (Fsp3) is 0.857. The van der Waals surface area contributed by atoms with E-state index in [1.165, 1.54) is 0 Å². The van der Waals surface area contributed by atoms with Crippen molar-refractivity contribution in [2.45, 2.75) is 33.0 Å². The Balaban J connectivity index is 3.65. The largest absolute Gasteiger partial charge is 0.445 e. The Labute approximate surface area is 78.2 Å². The number of hydrogen-bond donors (Lipinski definition) is 0. The highest BCUT2D eigenvalue weighted by Gasteiger charge is 2.15. The van der Waals surface area contributed by atoms with Gasteiger partial charge in [0.1, 0.15) is 0 Å². The summed E-state index contributed by atoms with van der Waals surface area (Å²) in [4.78, 5) is 10.5. The van der Waals surface area contributed by atoms with Crippen LogP contribution in [0.5, 0.6) is 0 Å². The van der Waals surface area contributed by atoms with Crippen LogP contribution in [0.2, 0.25) is 19.6 Å². The molecule has 0 unspecified atom stereocenters. The van der Waals surface area contributed by atoms with Gasteiger partial charge in [-0.2, -0.15) is 0 Å². The molecular weight excluding hydrogens is 186 g/mol. The Bertz CT molecular complexity index is 136. The first-order valence-corrected chi connectivity index (χ1v) is 8.94. The normalized spacial score (nSPS) is 12.3. The third-order valence-electron chi connectivity index (χ3n) is 1.32. The van der Waals surface area contributed by atoms with Crippen molar-refractivity contribution in [3.63, 3.8) is 0 Å². The summed E-state index contributed by atoms with van der Waals surface area (Å²) >= 11 is 0. The van der Waals surface area contributed by atoms with Gasteiger partial charge in [0.15, 0.2) is 8.32 Å². The number of carbonyl (C=O) groups is 1. The molecule has 0 aromatic rings. The third kappa shape index (κ3) is 6.57. The number of rotatable bonds is 6. The molecule has 0 saturated heterocycles. The van der Waals surface area contributed by atoms with Gasteiger partial charge in [-0.05, 0) is 26.1 Å². The van der Waals surface area contributed by atoms with Crippen LogP contribution in [0.25, 0.3) is 0 Å². The monoisotopic (exact) mass is 205 g/mol. The third-order valence-corrected chi connectivity index (χ3v) is 6.10. The minimum absolute atomic E-state index is 0.763. The lowest BCUT2D eigenvalue weighted by Gasteiger charge is -2.22. The van der Waals surface area contributed by atoms with Gasteiger partial charge in [-0.1, -0.05) is 6.92 Å². The fourth-order valence-electron chi connectivity index (χ4n) is 0.711. The molecule has 0 atom stereocenters. The van der Waals surface area contributed by atoms with Crippen LogP contribution < -0.4 is 0 Å². The average molecular weight is 205 g/mol. The Hall–Kier alpha value is -0.136. The highest BCUT2D eigenvalue weighted by Crippen LogP contribution is 2.01. The SMILES string of the molecule is CCCN(C=O)[SiH2]O[Si](C)(C)C. The highest BCUT2D eigenvalue weighted by molar-refractivity contribution is 6.73. The molecule has 72 valence electrons. The van der Waals surface area contributed by atoms with Crippen molar-refractivity contribution in [1.82, 2.24) is 4.57 Å². The molecule has 0 aromatic heterocycles. The molecule has 0 N–H and O–H groups in total. The molecule has 1 amide bonds. The fourth-order valence-corrected chi connectivity index (χ4v) is 3.43. The van der Waals surface area contributed by atoms with Crippen molar-refractivity contribution in [2.24, 2.45) is 0 Å². The van der Waals surface area contributed by atoms with Crippen molar-refractivity contribution >= 4 is 24.7 Å². The lowest BCUT2D eigenvalue weighted by molar-refractivity contribution is -0.114. The molecule has 0 spiro atoms. The first-order chi connectivity index (χ1) is 5.49. The Kier molecular flexibility index (Phi) is 5.44. The number of hydrogen-bond acceptors (Lipinski definition) is 2. The number of nitrogens with zero attached hydrogens (tertiary/aromatic N) is 1. The second-order valence-corrected chi connectivity index (χ2v) is 10.3. The predicted octanol–water partition coefficient (Wildman–Crippen LogP) is 0.705. The zero-order valence-electron chi connectivity index (χ0n) is 8.46. The van der Waals surface area contributed by atoms with Gasteiger partial charge >= 0.3 is 0 Å². The van der Waals surface area contributed by atoms with E-state index in [2.05, 4.69) is 26.6 Å². The van der Waals surface area contributed by atoms with Crippen LogP contribution in [-0.2, 0) is 8.91 Å². The van der Waals surface area contributed by atoms with Crippen LogP contribution >= 0.6 is 0 Å². The molecule has 0 heterocycles. The molecule has 0 aromatic carbocycles. The molecule has 5 heteroatoms. The van der Waals surface area contributed by atoms with E-state index in [0.717, 1.165) is 19.4 Å². The molecule has 0 rings (SSSR count). The smallest absolute Gasteiger partial charge is 0.258 e. The second-order valence-electron chi connectivity index (χ2n) is 3.80. The van der Waals surface area contributed by atoms with Crippen LogP contribution in [-0.4, -0.2) is 35.8 Å². The summed E-state index contributed by atoms with van der Waals surface area (Å²) < 4.78 is 7.51. The van der Waals surface area contributed by atoms with Gasteiger partial charge in [-0.15, -0.1) is 0 Å². The van der Waals surface area contributed by atoms with Gasteiger partial charge in [0.25, 0.3) is 9.92 Å². The molecule has 3 nitrogen and oxygen atoms in total. The first-order valence-electron chi connectivity index (χ1n) is 4.33. The summed E-state index contributed by atoms with van der Waals surface area (Å²) in [5.74, 6) is 0. The molecule has 12 heavy (non-hydrogen) atoms. The predicted molar refractivity (Wildman–Crippen MR) is 56.0 cm³/mol. The molecule has 0 aliphatic heterocycles. The zero-order chi connectivity index (χ0) is 9.61. The van der Waals surface area contributed by atoms with E-state index in [4.69, 9.17) is 4.12 Å². The molecule has 0 radical (unpaired) electrons. The molecule has 0 fully saturated rings. The molecule has 0 bridgehead atoms. The van der Waals surface area contributed by atoms with Crippen LogP contribution in [0.4, 0.5) is 0 Å². The van der Waals surface area contributed by atoms with E-state index < -0.39 is 18.2 Å². The van der Waals surface area contributed by atoms with Gasteiger partial charge in [-0.3, -0.25) is 4.79 Å². The molecule has 0 aliphatic carbocycles. The number of amides is 1. The van der Waals surface area contributed by atoms with Crippen molar-refractivity contribution < 1.29 is 8.91 Å². The second kappa shape index (κ2) is 5.50. The first kappa shape index (κ1) is 11.9. The lowest BCUT2D eigenvalue weighted by atomic mass is 10.5. The summed E-state index contributed by atoms with van der Waals surface area (Å²) in [5, 5.41) is 0. The van der Waals surface area contributed by atoms with Crippen molar-refractivity contribution in [2.75, 3.05) is 6.54 Å². The van der Waals surface area contributed by atoms with Crippen LogP contribution in [0.15, 0.2) is 0 Å². The maximum atomic E-state index is 10.5. The molecule has 0 saturated carbocycles. The van der Waals surface area contributed by atoms with E-state index >= 15 is 0 Å². The quantitative estimate of drug-likeness (QED) is 0.472. The minimum Gasteiger partial charge on any atom is -0.445 e. The van der Waals surface area contributed by atoms with Crippen molar-refractivity contribution in [3.05, 3.63) is 0 Å². The summed E-state index contributed by atoms with van der Waals surface area (Å²) in [5.41, 5.74) is 0. The van der Waals surface area contributed by atoms with E-state index in [9.17, 15) is 4.79 Å². The molecule has 0 aliphatic rings. The summed E-state index contributed by atoms with van der Waals surface area (Å²) in [6.07, 6.45) is 1.93. The van der Waals surface area contributed by atoms with Gasteiger partial charge in [0.05, 0.1) is 0 Å². The lowest BCUT2D eigenvalue weighted by Crippen LogP contribution is -2.37. The number of carbonyl (C=O) groups excluding carboxylic acids is 1. The van der Waals surface area contributed by atoms with Gasteiger partial charge in [-0.25, -0.2) is 0 Å². The van der Waals surface area contributed by atoms with E-state index in [1.807, 2.05) is 0 Å². The maximum Gasteiger partial charge on any atom is 0.258 e. The van der Waals surface area contributed by atoms with E-state index in [1.54, 1.807) is 4.57 Å². The Morgan fingerprint density at radius 1 is 1.50 bits per heavy atom. The van der Waals surface area contributed by atoms with E-state index in [-0.39, 0.29) is 0 Å². The van der Waals surface area contributed by atoms with Gasteiger partial charge in [0, 0.05) is 6.54 Å².